The number of anilines is 2. The minimum Gasteiger partial charge on any atom is -0.369 e. The van der Waals surface area contributed by atoms with Crippen LogP contribution in [0.5, 0.6) is 0 Å². The van der Waals surface area contributed by atoms with Crippen LogP contribution in [0.4, 0.5) is 11.6 Å². The lowest BCUT2D eigenvalue weighted by Gasteiger charge is -2.30. The molecule has 1 aliphatic rings. The predicted octanol–water partition coefficient (Wildman–Crippen LogP) is 1.66. The second kappa shape index (κ2) is 8.02. The SMILES string of the molecule is Cc1cccnc1Nc1cc(CC2CCN(CC(N)=O)CC2)ncn1. The Labute approximate surface area is 147 Å². The van der Waals surface area contributed by atoms with E-state index in [2.05, 4.69) is 25.2 Å². The number of carbonyl (C=O) groups excluding carboxylic acids is 1. The number of rotatable bonds is 6. The summed E-state index contributed by atoms with van der Waals surface area (Å²) in [6, 6.07) is 5.91. The number of likely N-dealkylation sites (tertiary alicyclic amines) is 1. The lowest BCUT2D eigenvalue weighted by molar-refractivity contribution is -0.119. The van der Waals surface area contributed by atoms with Gasteiger partial charge >= 0.3 is 0 Å². The summed E-state index contributed by atoms with van der Waals surface area (Å²) in [7, 11) is 0. The fraction of sp³-hybridized carbons (Fsp3) is 0.444. The van der Waals surface area contributed by atoms with Gasteiger partial charge in [0, 0.05) is 18.0 Å². The summed E-state index contributed by atoms with van der Waals surface area (Å²) in [5.74, 6) is 1.89. The van der Waals surface area contributed by atoms with Crippen LogP contribution in [-0.4, -0.2) is 45.4 Å². The van der Waals surface area contributed by atoms with Crippen molar-refractivity contribution in [1.82, 2.24) is 19.9 Å². The molecule has 0 spiro atoms. The average molecular weight is 340 g/mol. The number of piperidine rings is 1. The minimum atomic E-state index is -0.255. The number of pyridine rings is 1. The molecule has 0 atom stereocenters. The van der Waals surface area contributed by atoms with Crippen molar-refractivity contribution in [2.45, 2.75) is 26.2 Å². The zero-order chi connectivity index (χ0) is 17.6. The van der Waals surface area contributed by atoms with E-state index in [1.165, 1.54) is 0 Å². The van der Waals surface area contributed by atoms with E-state index in [0.29, 0.717) is 12.5 Å². The molecule has 132 valence electrons. The maximum atomic E-state index is 11.0. The van der Waals surface area contributed by atoms with Gasteiger partial charge in [0.05, 0.1) is 6.54 Å². The van der Waals surface area contributed by atoms with Crippen LogP contribution in [0.2, 0.25) is 0 Å². The van der Waals surface area contributed by atoms with Gasteiger partial charge in [-0.15, -0.1) is 0 Å². The number of nitrogens with zero attached hydrogens (tertiary/aromatic N) is 4. The number of hydrogen-bond acceptors (Lipinski definition) is 6. The molecule has 3 N–H and O–H groups in total. The van der Waals surface area contributed by atoms with Crippen LogP contribution in [-0.2, 0) is 11.2 Å². The van der Waals surface area contributed by atoms with Gasteiger partial charge in [-0.25, -0.2) is 15.0 Å². The summed E-state index contributed by atoms with van der Waals surface area (Å²) in [4.78, 5) is 26.2. The van der Waals surface area contributed by atoms with E-state index in [0.717, 1.165) is 55.2 Å². The molecule has 2 aromatic rings. The maximum absolute atomic E-state index is 11.0. The topological polar surface area (TPSA) is 97.0 Å². The predicted molar refractivity (Wildman–Crippen MR) is 96.4 cm³/mol. The zero-order valence-electron chi connectivity index (χ0n) is 14.5. The van der Waals surface area contributed by atoms with Gasteiger partial charge in [0.1, 0.15) is 18.0 Å². The Morgan fingerprint density at radius 3 is 2.84 bits per heavy atom. The quantitative estimate of drug-likeness (QED) is 0.830. The van der Waals surface area contributed by atoms with Crippen LogP contribution < -0.4 is 11.1 Å². The average Bonchev–Trinajstić information content (AvgIpc) is 2.59. The standard InChI is InChI=1S/C18H24N6O/c1-13-3-2-6-20-18(13)23-17-10-15(21-12-22-17)9-14-4-7-24(8-5-14)11-16(19)25/h2-3,6,10,12,14H,4-5,7-9,11H2,1H3,(H2,19,25)(H,20,21,22,23). The van der Waals surface area contributed by atoms with Crippen LogP contribution in [0.1, 0.15) is 24.1 Å². The van der Waals surface area contributed by atoms with Gasteiger partial charge in [-0.2, -0.15) is 0 Å². The van der Waals surface area contributed by atoms with Gasteiger partial charge < -0.3 is 11.1 Å². The number of nitrogens with two attached hydrogens (primary N) is 1. The Balaban J connectivity index is 1.57. The van der Waals surface area contributed by atoms with Crippen molar-refractivity contribution < 1.29 is 4.79 Å². The van der Waals surface area contributed by atoms with Gasteiger partial charge in [0.25, 0.3) is 0 Å². The minimum absolute atomic E-state index is 0.255. The first kappa shape index (κ1) is 17.3. The first-order chi connectivity index (χ1) is 12.1. The first-order valence-electron chi connectivity index (χ1n) is 8.60. The highest BCUT2D eigenvalue weighted by Gasteiger charge is 2.21. The monoisotopic (exact) mass is 340 g/mol. The van der Waals surface area contributed by atoms with Crippen LogP contribution in [0, 0.1) is 12.8 Å². The zero-order valence-corrected chi connectivity index (χ0v) is 14.5. The van der Waals surface area contributed by atoms with Crippen LogP contribution in [0.15, 0.2) is 30.7 Å². The van der Waals surface area contributed by atoms with E-state index >= 15 is 0 Å². The van der Waals surface area contributed by atoms with Gasteiger partial charge in [-0.3, -0.25) is 9.69 Å². The van der Waals surface area contributed by atoms with Crippen LogP contribution >= 0.6 is 0 Å². The molecular formula is C18H24N6O. The molecule has 7 heteroatoms. The summed E-state index contributed by atoms with van der Waals surface area (Å²) in [6.07, 6.45) is 6.39. The second-order valence-electron chi connectivity index (χ2n) is 6.58. The maximum Gasteiger partial charge on any atom is 0.231 e. The summed E-state index contributed by atoms with van der Waals surface area (Å²) in [6.45, 7) is 4.20. The van der Waals surface area contributed by atoms with Crippen molar-refractivity contribution in [3.63, 3.8) is 0 Å². The van der Waals surface area contributed by atoms with Crippen LogP contribution in [0.25, 0.3) is 0 Å². The Bertz CT molecular complexity index is 727. The number of primary amides is 1. The lowest BCUT2D eigenvalue weighted by Crippen LogP contribution is -2.39. The Morgan fingerprint density at radius 2 is 2.12 bits per heavy atom. The van der Waals surface area contributed by atoms with Crippen molar-refractivity contribution in [1.29, 1.82) is 0 Å². The number of nitrogens with one attached hydrogen (secondary N) is 1. The summed E-state index contributed by atoms with van der Waals surface area (Å²) in [5, 5.41) is 3.26. The van der Waals surface area contributed by atoms with Gasteiger partial charge in [0.2, 0.25) is 5.91 Å². The molecule has 0 radical (unpaired) electrons. The normalized spacial score (nSPS) is 15.9. The molecule has 7 nitrogen and oxygen atoms in total. The molecule has 1 aliphatic heterocycles. The van der Waals surface area contributed by atoms with Crippen molar-refractivity contribution in [3.05, 3.63) is 42.0 Å². The fourth-order valence-corrected chi connectivity index (χ4v) is 3.18. The van der Waals surface area contributed by atoms with Gasteiger partial charge in [-0.1, -0.05) is 6.07 Å². The molecule has 25 heavy (non-hydrogen) atoms. The highest BCUT2D eigenvalue weighted by atomic mass is 16.1. The molecule has 1 fully saturated rings. The molecule has 0 aliphatic carbocycles. The number of carbonyl (C=O) groups is 1. The number of hydrogen-bond donors (Lipinski definition) is 2. The summed E-state index contributed by atoms with van der Waals surface area (Å²) >= 11 is 0. The number of amides is 1. The highest BCUT2D eigenvalue weighted by molar-refractivity contribution is 5.75. The van der Waals surface area contributed by atoms with Crippen molar-refractivity contribution in [2.75, 3.05) is 25.0 Å². The van der Waals surface area contributed by atoms with Crippen molar-refractivity contribution in [3.8, 4) is 0 Å². The van der Waals surface area contributed by atoms with E-state index < -0.39 is 0 Å². The van der Waals surface area contributed by atoms with Crippen LogP contribution in [0.3, 0.4) is 0 Å². The fourth-order valence-electron chi connectivity index (χ4n) is 3.18. The van der Waals surface area contributed by atoms with Gasteiger partial charge in [-0.05, 0) is 56.8 Å². The molecule has 1 amide bonds. The van der Waals surface area contributed by atoms with E-state index in [4.69, 9.17) is 5.73 Å². The molecule has 3 rings (SSSR count). The largest absolute Gasteiger partial charge is 0.369 e. The molecular weight excluding hydrogens is 316 g/mol. The molecule has 3 heterocycles. The summed E-state index contributed by atoms with van der Waals surface area (Å²) in [5.41, 5.74) is 7.36. The molecule has 2 aromatic heterocycles. The molecule has 0 aromatic carbocycles. The Hall–Kier alpha value is -2.54. The third kappa shape index (κ3) is 4.96. The molecule has 0 saturated carbocycles. The van der Waals surface area contributed by atoms with Crippen molar-refractivity contribution in [2.24, 2.45) is 11.7 Å². The first-order valence-corrected chi connectivity index (χ1v) is 8.60. The number of aromatic nitrogens is 3. The third-order valence-electron chi connectivity index (χ3n) is 4.56. The smallest absolute Gasteiger partial charge is 0.231 e. The van der Waals surface area contributed by atoms with Crippen molar-refractivity contribution >= 4 is 17.5 Å². The van der Waals surface area contributed by atoms with E-state index in [1.807, 2.05) is 25.1 Å². The number of aryl methyl sites for hydroxylation is 1. The van der Waals surface area contributed by atoms with E-state index in [-0.39, 0.29) is 5.91 Å². The van der Waals surface area contributed by atoms with E-state index in [1.54, 1.807) is 12.5 Å². The Kier molecular flexibility index (Phi) is 5.55. The molecule has 0 unspecified atom stereocenters. The second-order valence-corrected chi connectivity index (χ2v) is 6.58. The lowest BCUT2D eigenvalue weighted by atomic mass is 9.92. The third-order valence-corrected chi connectivity index (χ3v) is 4.56. The van der Waals surface area contributed by atoms with Gasteiger partial charge in [0.15, 0.2) is 0 Å². The summed E-state index contributed by atoms with van der Waals surface area (Å²) < 4.78 is 0. The van der Waals surface area contributed by atoms with E-state index in [9.17, 15) is 4.79 Å². The molecule has 0 bridgehead atoms. The highest BCUT2D eigenvalue weighted by Crippen LogP contribution is 2.22. The molecule has 1 saturated heterocycles. The Morgan fingerprint density at radius 1 is 1.32 bits per heavy atom.